The number of carbonyl (C=O) groups excluding carboxylic acids is 1. The van der Waals surface area contributed by atoms with Gasteiger partial charge >= 0.3 is 5.97 Å². The van der Waals surface area contributed by atoms with Crippen molar-refractivity contribution < 1.29 is 14.7 Å². The molecule has 1 aliphatic rings. The third kappa shape index (κ3) is 2.76. The number of fused-ring (bicyclic) bond motifs is 1. The van der Waals surface area contributed by atoms with Crippen molar-refractivity contribution in [3.63, 3.8) is 0 Å². The Bertz CT molecular complexity index is 725. The molecule has 3 rings (SSSR count). The molecule has 2 aromatic rings. The molecule has 1 aromatic heterocycles. The number of rotatable bonds is 3. The third-order valence-electron chi connectivity index (χ3n) is 3.56. The molecule has 0 bridgehead atoms. The highest BCUT2D eigenvalue weighted by Crippen LogP contribution is 2.25. The Labute approximate surface area is 121 Å². The molecule has 1 aliphatic carbocycles. The van der Waals surface area contributed by atoms with Crippen molar-refractivity contribution in [3.05, 3.63) is 58.9 Å². The van der Waals surface area contributed by atoms with Crippen LogP contribution in [-0.2, 0) is 12.8 Å². The van der Waals surface area contributed by atoms with Crippen molar-refractivity contribution >= 4 is 17.6 Å². The number of nitrogens with one attached hydrogen (secondary N) is 1. The molecule has 2 N–H and O–H groups in total. The summed E-state index contributed by atoms with van der Waals surface area (Å²) in [6.07, 6.45) is 3.27. The lowest BCUT2D eigenvalue weighted by molar-refractivity contribution is 0.0690. The van der Waals surface area contributed by atoms with E-state index in [1.165, 1.54) is 29.3 Å². The average molecular weight is 282 g/mol. The first kappa shape index (κ1) is 13.3. The highest BCUT2D eigenvalue weighted by molar-refractivity contribution is 6.03. The summed E-state index contributed by atoms with van der Waals surface area (Å²) in [4.78, 5) is 26.8. The molecule has 0 saturated heterocycles. The lowest BCUT2D eigenvalue weighted by Gasteiger charge is -2.07. The highest BCUT2D eigenvalue weighted by Gasteiger charge is 2.14. The van der Waals surface area contributed by atoms with Gasteiger partial charge in [0.25, 0.3) is 5.91 Å². The number of hydrogen-bond donors (Lipinski definition) is 2. The molecule has 0 unspecified atom stereocenters. The van der Waals surface area contributed by atoms with E-state index in [0.717, 1.165) is 19.3 Å². The molecule has 1 amide bonds. The third-order valence-corrected chi connectivity index (χ3v) is 3.56. The number of hydrogen-bond acceptors (Lipinski definition) is 3. The van der Waals surface area contributed by atoms with Crippen molar-refractivity contribution in [1.82, 2.24) is 4.98 Å². The number of aryl methyl sites for hydroxylation is 2. The second kappa shape index (κ2) is 5.36. The van der Waals surface area contributed by atoms with Gasteiger partial charge in [-0.15, -0.1) is 0 Å². The molecule has 5 nitrogen and oxygen atoms in total. The molecular weight excluding hydrogens is 268 g/mol. The number of anilines is 1. The van der Waals surface area contributed by atoms with Gasteiger partial charge in [-0.2, -0.15) is 0 Å². The summed E-state index contributed by atoms with van der Waals surface area (Å²) in [6.45, 7) is 0. The van der Waals surface area contributed by atoms with Crippen LogP contribution in [-0.4, -0.2) is 22.0 Å². The molecule has 0 saturated carbocycles. The number of nitrogens with zero attached hydrogens (tertiary/aromatic N) is 1. The number of carbonyl (C=O) groups is 2. The van der Waals surface area contributed by atoms with Crippen LogP contribution in [0.4, 0.5) is 5.69 Å². The Balaban J connectivity index is 1.80. The van der Waals surface area contributed by atoms with Gasteiger partial charge < -0.3 is 10.4 Å². The summed E-state index contributed by atoms with van der Waals surface area (Å²) in [6, 6.07) is 10.2. The minimum absolute atomic E-state index is 0.0930. The van der Waals surface area contributed by atoms with Crippen LogP contribution in [0, 0.1) is 0 Å². The van der Waals surface area contributed by atoms with Crippen LogP contribution in [0.1, 0.15) is 38.5 Å². The first-order valence-corrected chi connectivity index (χ1v) is 6.77. The second-order valence-electron chi connectivity index (χ2n) is 5.00. The van der Waals surface area contributed by atoms with Crippen LogP contribution >= 0.6 is 0 Å². The van der Waals surface area contributed by atoms with Gasteiger partial charge in [0.1, 0.15) is 11.4 Å². The molecule has 0 atom stereocenters. The predicted molar refractivity (Wildman–Crippen MR) is 77.6 cm³/mol. The standard InChI is InChI=1S/C16H14N2O3/c19-15(13-5-2-6-14(18-13)16(20)21)17-12-8-7-10-3-1-4-11(10)9-12/h2,5-9H,1,3-4H2,(H,17,19)(H,20,21). The fourth-order valence-electron chi connectivity index (χ4n) is 2.52. The van der Waals surface area contributed by atoms with Crippen LogP contribution in [0.5, 0.6) is 0 Å². The fraction of sp³-hybridized carbons (Fsp3) is 0.188. The number of carboxylic acid groups (broad SMARTS) is 1. The minimum Gasteiger partial charge on any atom is -0.477 e. The van der Waals surface area contributed by atoms with E-state index in [4.69, 9.17) is 5.11 Å². The van der Waals surface area contributed by atoms with Crippen molar-refractivity contribution in [3.8, 4) is 0 Å². The van der Waals surface area contributed by atoms with Crippen LogP contribution in [0.2, 0.25) is 0 Å². The smallest absolute Gasteiger partial charge is 0.354 e. The van der Waals surface area contributed by atoms with E-state index >= 15 is 0 Å². The summed E-state index contributed by atoms with van der Waals surface area (Å²) < 4.78 is 0. The number of pyridine rings is 1. The van der Waals surface area contributed by atoms with Crippen molar-refractivity contribution in [2.24, 2.45) is 0 Å². The summed E-state index contributed by atoms with van der Waals surface area (Å²) >= 11 is 0. The average Bonchev–Trinajstić information content (AvgIpc) is 2.95. The van der Waals surface area contributed by atoms with Gasteiger partial charge in [-0.3, -0.25) is 4.79 Å². The van der Waals surface area contributed by atoms with Crippen molar-refractivity contribution in [1.29, 1.82) is 0 Å². The zero-order chi connectivity index (χ0) is 14.8. The molecule has 0 fully saturated rings. The maximum Gasteiger partial charge on any atom is 0.354 e. The minimum atomic E-state index is -1.15. The molecule has 0 radical (unpaired) electrons. The van der Waals surface area contributed by atoms with Crippen LogP contribution < -0.4 is 5.32 Å². The predicted octanol–water partition coefficient (Wildman–Crippen LogP) is 2.52. The Kier molecular flexibility index (Phi) is 3.39. The van der Waals surface area contributed by atoms with Gasteiger partial charge in [-0.05, 0) is 54.7 Å². The Morgan fingerprint density at radius 3 is 2.62 bits per heavy atom. The highest BCUT2D eigenvalue weighted by atomic mass is 16.4. The quantitative estimate of drug-likeness (QED) is 0.906. The Morgan fingerprint density at radius 1 is 1.05 bits per heavy atom. The molecule has 0 aliphatic heterocycles. The largest absolute Gasteiger partial charge is 0.477 e. The molecule has 5 heteroatoms. The summed E-state index contributed by atoms with van der Waals surface area (Å²) in [5, 5.41) is 11.7. The number of amides is 1. The maximum absolute atomic E-state index is 12.1. The zero-order valence-electron chi connectivity index (χ0n) is 11.3. The Hall–Kier alpha value is -2.69. The van der Waals surface area contributed by atoms with Gasteiger partial charge in [0.2, 0.25) is 0 Å². The fourth-order valence-corrected chi connectivity index (χ4v) is 2.52. The summed E-state index contributed by atoms with van der Waals surface area (Å²) in [5.41, 5.74) is 3.26. The first-order chi connectivity index (χ1) is 10.1. The monoisotopic (exact) mass is 282 g/mol. The molecule has 1 aromatic carbocycles. The molecule has 0 spiro atoms. The van der Waals surface area contributed by atoms with Crippen molar-refractivity contribution in [2.45, 2.75) is 19.3 Å². The molecule has 1 heterocycles. The molecule has 106 valence electrons. The van der Waals surface area contributed by atoms with E-state index in [1.54, 1.807) is 0 Å². The van der Waals surface area contributed by atoms with E-state index in [-0.39, 0.29) is 11.4 Å². The van der Waals surface area contributed by atoms with Gasteiger partial charge in [0, 0.05) is 5.69 Å². The number of benzene rings is 1. The lowest BCUT2D eigenvalue weighted by Crippen LogP contribution is -2.15. The van der Waals surface area contributed by atoms with E-state index < -0.39 is 11.9 Å². The number of carboxylic acids is 1. The van der Waals surface area contributed by atoms with E-state index in [2.05, 4.69) is 10.3 Å². The van der Waals surface area contributed by atoms with Gasteiger partial charge in [-0.25, -0.2) is 9.78 Å². The molecular formula is C16H14N2O3. The normalized spacial score (nSPS) is 12.8. The Morgan fingerprint density at radius 2 is 1.81 bits per heavy atom. The topological polar surface area (TPSA) is 79.3 Å². The van der Waals surface area contributed by atoms with Crippen LogP contribution in [0.25, 0.3) is 0 Å². The van der Waals surface area contributed by atoms with Crippen LogP contribution in [0.3, 0.4) is 0 Å². The van der Waals surface area contributed by atoms with Gasteiger partial charge in [0.15, 0.2) is 0 Å². The summed E-state index contributed by atoms with van der Waals surface area (Å²) in [5.74, 6) is -1.56. The zero-order valence-corrected chi connectivity index (χ0v) is 11.3. The van der Waals surface area contributed by atoms with Gasteiger partial charge in [0.05, 0.1) is 0 Å². The number of aromatic nitrogens is 1. The van der Waals surface area contributed by atoms with Gasteiger partial charge in [-0.1, -0.05) is 12.1 Å². The van der Waals surface area contributed by atoms with Crippen LogP contribution in [0.15, 0.2) is 36.4 Å². The van der Waals surface area contributed by atoms with Crippen molar-refractivity contribution in [2.75, 3.05) is 5.32 Å². The van der Waals surface area contributed by atoms with E-state index in [0.29, 0.717) is 5.69 Å². The van der Waals surface area contributed by atoms with E-state index in [9.17, 15) is 9.59 Å². The SMILES string of the molecule is O=C(O)c1cccc(C(=O)Nc2ccc3c(c2)CCC3)n1. The maximum atomic E-state index is 12.1. The second-order valence-corrected chi connectivity index (χ2v) is 5.00. The van der Waals surface area contributed by atoms with E-state index in [1.807, 2.05) is 18.2 Å². The lowest BCUT2D eigenvalue weighted by atomic mass is 10.1. The molecule has 21 heavy (non-hydrogen) atoms. The summed E-state index contributed by atoms with van der Waals surface area (Å²) in [7, 11) is 0. The number of aromatic carboxylic acids is 1. The first-order valence-electron chi connectivity index (χ1n) is 6.77.